The van der Waals surface area contributed by atoms with Gasteiger partial charge in [0.25, 0.3) is 0 Å². The Bertz CT molecular complexity index is 764. The number of carbonyl (C=O) groups is 2. The van der Waals surface area contributed by atoms with Crippen LogP contribution in [0.2, 0.25) is 0 Å². The predicted molar refractivity (Wildman–Crippen MR) is 100 cm³/mol. The lowest BCUT2D eigenvalue weighted by atomic mass is 9.44. The third kappa shape index (κ3) is 2.07. The molecule has 0 aromatic heterocycles. The van der Waals surface area contributed by atoms with Crippen LogP contribution in [0.15, 0.2) is 11.6 Å². The van der Waals surface area contributed by atoms with E-state index in [-0.39, 0.29) is 24.5 Å². The number of alkyl halides is 1. The third-order valence-electron chi connectivity index (χ3n) is 9.19. The van der Waals surface area contributed by atoms with Crippen LogP contribution >= 0.6 is 0 Å². The molecule has 0 amide bonds. The van der Waals surface area contributed by atoms with Crippen LogP contribution in [0.1, 0.15) is 59.3 Å². The number of aliphatic hydroxyl groups excluding tert-OH is 2. The molecule has 0 spiro atoms. The zero-order valence-corrected chi connectivity index (χ0v) is 16.9. The summed E-state index contributed by atoms with van der Waals surface area (Å²) in [6.45, 7) is 4.61. The minimum absolute atomic E-state index is 0.0158. The molecule has 156 valence electrons. The van der Waals surface area contributed by atoms with Crippen molar-refractivity contribution in [1.29, 1.82) is 0 Å². The van der Waals surface area contributed by atoms with Crippen molar-refractivity contribution in [2.24, 2.45) is 28.6 Å². The van der Waals surface area contributed by atoms with Crippen molar-refractivity contribution >= 4 is 11.6 Å². The van der Waals surface area contributed by atoms with Crippen LogP contribution in [0.25, 0.3) is 0 Å². The highest BCUT2D eigenvalue weighted by atomic mass is 19.1. The molecule has 4 rings (SSSR count). The monoisotopic (exact) mass is 394 g/mol. The normalized spacial score (nSPS) is 53.1. The van der Waals surface area contributed by atoms with Crippen LogP contribution < -0.4 is 0 Å². The number of halogens is 1. The Labute approximate surface area is 165 Å². The Morgan fingerprint density at radius 2 is 1.96 bits per heavy atom. The number of fused-ring (bicyclic) bond motifs is 5. The van der Waals surface area contributed by atoms with Crippen molar-refractivity contribution in [3.05, 3.63) is 11.6 Å². The Kier molecular flexibility index (Phi) is 4.29. The molecule has 3 N–H and O–H groups in total. The average Bonchev–Trinajstić information content (AvgIpc) is 2.84. The van der Waals surface area contributed by atoms with Crippen LogP contribution in [0, 0.1) is 28.6 Å². The van der Waals surface area contributed by atoms with Gasteiger partial charge < -0.3 is 15.3 Å². The number of Topliss-reactive ketones (excluding diaryl/α,β-unsaturated/α-hetero) is 1. The summed E-state index contributed by atoms with van der Waals surface area (Å²) in [5.41, 5.74) is -4.77. The number of hydrogen-bond donors (Lipinski definition) is 3. The van der Waals surface area contributed by atoms with E-state index in [4.69, 9.17) is 0 Å². The summed E-state index contributed by atoms with van der Waals surface area (Å²) in [4.78, 5) is 24.5. The molecule has 0 aromatic rings. The lowest BCUT2D eigenvalue weighted by Crippen LogP contribution is -2.69. The van der Waals surface area contributed by atoms with Crippen molar-refractivity contribution in [2.45, 2.75) is 76.7 Å². The van der Waals surface area contributed by atoms with E-state index in [0.29, 0.717) is 25.7 Å². The molecule has 4 aliphatic carbocycles. The summed E-state index contributed by atoms with van der Waals surface area (Å²) >= 11 is 0. The fraction of sp³-hybridized carbons (Fsp3) is 0.818. The van der Waals surface area contributed by atoms with Gasteiger partial charge in [0.15, 0.2) is 11.6 Å². The minimum Gasteiger partial charge on any atom is -0.390 e. The van der Waals surface area contributed by atoms with E-state index < -0.39 is 52.4 Å². The average molecular weight is 394 g/mol. The Morgan fingerprint density at radius 1 is 1.29 bits per heavy atom. The Hall–Kier alpha value is -1.11. The molecular formula is C22H31FO5. The number of allylic oxidation sites excluding steroid dienone is 1. The predicted octanol–water partition coefficient (Wildman–Crippen LogP) is 2.12. The van der Waals surface area contributed by atoms with Crippen LogP contribution in [0.4, 0.5) is 4.39 Å². The molecule has 2 unspecified atom stereocenters. The molecule has 0 aliphatic heterocycles. The molecule has 0 radical (unpaired) electrons. The maximum atomic E-state index is 16.9. The zero-order valence-electron chi connectivity index (χ0n) is 16.9. The van der Waals surface area contributed by atoms with Gasteiger partial charge in [-0.3, -0.25) is 9.59 Å². The second kappa shape index (κ2) is 5.96. The van der Waals surface area contributed by atoms with Crippen LogP contribution in [-0.4, -0.2) is 50.9 Å². The van der Waals surface area contributed by atoms with Crippen molar-refractivity contribution in [3.8, 4) is 0 Å². The number of aliphatic hydroxyl groups is 3. The second-order valence-electron chi connectivity index (χ2n) is 10.1. The molecular weight excluding hydrogens is 363 g/mol. The SMILES string of the molecule is C[C@@H]1CC2C3CCC4=CC(=O)CC[C@]4(C)[C@@]3(F)[C@@H](O)C[C@]2(C)[C@@]1(O)C(=O)CO. The summed E-state index contributed by atoms with van der Waals surface area (Å²) in [6, 6.07) is 0. The molecule has 0 heterocycles. The van der Waals surface area contributed by atoms with Crippen molar-refractivity contribution < 1.29 is 29.3 Å². The van der Waals surface area contributed by atoms with Gasteiger partial charge in [-0.05, 0) is 50.0 Å². The fourth-order valence-electron chi connectivity index (χ4n) is 7.62. The first-order valence-corrected chi connectivity index (χ1v) is 10.4. The maximum Gasteiger partial charge on any atom is 0.190 e. The summed E-state index contributed by atoms with van der Waals surface area (Å²) in [5, 5.41) is 32.0. The highest BCUT2D eigenvalue weighted by molar-refractivity contribution is 5.92. The molecule has 28 heavy (non-hydrogen) atoms. The molecule has 8 atom stereocenters. The largest absolute Gasteiger partial charge is 0.390 e. The van der Waals surface area contributed by atoms with E-state index in [0.717, 1.165) is 5.57 Å². The van der Waals surface area contributed by atoms with Gasteiger partial charge in [0, 0.05) is 23.2 Å². The first-order valence-electron chi connectivity index (χ1n) is 10.4. The third-order valence-corrected chi connectivity index (χ3v) is 9.19. The van der Waals surface area contributed by atoms with Crippen molar-refractivity contribution in [1.82, 2.24) is 0 Å². The molecule has 0 bridgehead atoms. The fourth-order valence-corrected chi connectivity index (χ4v) is 7.62. The van der Waals surface area contributed by atoms with E-state index in [1.807, 2.05) is 6.92 Å². The summed E-state index contributed by atoms with van der Waals surface area (Å²) in [7, 11) is 0. The highest BCUT2D eigenvalue weighted by Gasteiger charge is 2.75. The van der Waals surface area contributed by atoms with Gasteiger partial charge in [-0.25, -0.2) is 4.39 Å². The zero-order chi connectivity index (χ0) is 20.7. The van der Waals surface area contributed by atoms with Gasteiger partial charge in [0.05, 0.1) is 6.10 Å². The topological polar surface area (TPSA) is 94.8 Å². The van der Waals surface area contributed by atoms with Crippen LogP contribution in [-0.2, 0) is 9.59 Å². The van der Waals surface area contributed by atoms with Gasteiger partial charge in [-0.1, -0.05) is 26.3 Å². The smallest absolute Gasteiger partial charge is 0.190 e. The summed E-state index contributed by atoms with van der Waals surface area (Å²) < 4.78 is 16.9. The maximum absolute atomic E-state index is 16.9. The number of rotatable bonds is 2. The molecule has 0 aromatic carbocycles. The molecule has 6 heteroatoms. The molecule has 3 fully saturated rings. The van der Waals surface area contributed by atoms with E-state index in [1.165, 1.54) is 0 Å². The van der Waals surface area contributed by atoms with Gasteiger partial charge in [0.2, 0.25) is 0 Å². The summed E-state index contributed by atoms with van der Waals surface area (Å²) in [6.07, 6.45) is 2.41. The Morgan fingerprint density at radius 3 is 2.61 bits per heavy atom. The first kappa shape index (κ1) is 20.2. The standard InChI is InChI=1S/C22H31FO5/c1-12-8-16-15-5-4-13-9-14(25)6-7-19(13,2)21(15,23)17(26)10-20(16,3)22(12,28)18(27)11-24/h9,12,15-17,24,26,28H,4-8,10-11H2,1-3H3/t12-,15?,16?,17+,19+,20+,21+,22+/m1/s1. The minimum atomic E-state index is -1.89. The van der Waals surface area contributed by atoms with Crippen LogP contribution in [0.5, 0.6) is 0 Å². The van der Waals surface area contributed by atoms with E-state index in [9.17, 15) is 24.9 Å². The van der Waals surface area contributed by atoms with Crippen molar-refractivity contribution in [3.63, 3.8) is 0 Å². The molecule has 3 saturated carbocycles. The molecule has 5 nitrogen and oxygen atoms in total. The molecule has 0 saturated heterocycles. The summed E-state index contributed by atoms with van der Waals surface area (Å²) in [5.74, 6) is -1.82. The van der Waals surface area contributed by atoms with E-state index in [2.05, 4.69) is 0 Å². The van der Waals surface area contributed by atoms with Gasteiger partial charge in [0.1, 0.15) is 17.9 Å². The van der Waals surface area contributed by atoms with Crippen molar-refractivity contribution in [2.75, 3.05) is 6.61 Å². The quantitative estimate of drug-likeness (QED) is 0.667. The van der Waals surface area contributed by atoms with E-state index >= 15 is 4.39 Å². The number of hydrogen-bond acceptors (Lipinski definition) is 5. The Balaban J connectivity index is 1.83. The number of ketones is 2. The van der Waals surface area contributed by atoms with Gasteiger partial charge in [-0.2, -0.15) is 0 Å². The number of carbonyl (C=O) groups excluding carboxylic acids is 2. The second-order valence-corrected chi connectivity index (χ2v) is 10.1. The highest BCUT2D eigenvalue weighted by Crippen LogP contribution is 2.71. The lowest BCUT2D eigenvalue weighted by Gasteiger charge is -2.63. The van der Waals surface area contributed by atoms with Gasteiger partial charge >= 0.3 is 0 Å². The molecule has 4 aliphatic rings. The first-order chi connectivity index (χ1) is 13.0. The lowest BCUT2D eigenvalue weighted by molar-refractivity contribution is -0.228. The van der Waals surface area contributed by atoms with Gasteiger partial charge in [-0.15, -0.1) is 0 Å². The van der Waals surface area contributed by atoms with Crippen LogP contribution in [0.3, 0.4) is 0 Å². The van der Waals surface area contributed by atoms with E-state index in [1.54, 1.807) is 19.9 Å².